The second-order valence-corrected chi connectivity index (χ2v) is 10.8. The number of rotatable bonds is 16. The summed E-state index contributed by atoms with van der Waals surface area (Å²) >= 11 is 0. The summed E-state index contributed by atoms with van der Waals surface area (Å²) in [5.41, 5.74) is 0.740. The molecular formula is C20H43NO3S. The Morgan fingerprint density at radius 3 is 1.64 bits per heavy atom. The maximum atomic E-state index is 10.9. The van der Waals surface area contributed by atoms with E-state index in [2.05, 4.69) is 34.6 Å². The Labute approximate surface area is 157 Å². The average Bonchev–Trinajstić information content (AvgIpc) is 2.49. The average molecular weight is 378 g/mol. The van der Waals surface area contributed by atoms with Gasteiger partial charge in [0.25, 0.3) is 0 Å². The number of primary sulfonamides is 1. The molecule has 152 valence electrons. The van der Waals surface area contributed by atoms with Crippen molar-refractivity contribution in [3.8, 4) is 0 Å². The van der Waals surface area contributed by atoms with Crippen LogP contribution in [0.3, 0.4) is 0 Å². The van der Waals surface area contributed by atoms with E-state index in [9.17, 15) is 8.42 Å². The SMILES string of the molecule is CCC(C)(C)CCCCOCCCCC(C)(C)CCCCS(N)(=O)=O. The third kappa shape index (κ3) is 17.1. The molecule has 25 heavy (non-hydrogen) atoms. The highest BCUT2D eigenvalue weighted by molar-refractivity contribution is 7.89. The molecule has 5 heteroatoms. The predicted molar refractivity (Wildman–Crippen MR) is 108 cm³/mol. The van der Waals surface area contributed by atoms with Crippen LogP contribution in [-0.2, 0) is 14.8 Å². The number of ether oxygens (including phenoxy) is 1. The molecule has 0 heterocycles. The first kappa shape index (κ1) is 24.9. The van der Waals surface area contributed by atoms with Gasteiger partial charge in [-0.3, -0.25) is 0 Å². The van der Waals surface area contributed by atoms with Gasteiger partial charge in [-0.25, -0.2) is 13.6 Å². The van der Waals surface area contributed by atoms with E-state index < -0.39 is 10.0 Å². The summed E-state index contributed by atoms with van der Waals surface area (Å²) in [6.45, 7) is 13.2. The summed E-state index contributed by atoms with van der Waals surface area (Å²) in [6, 6.07) is 0. The lowest BCUT2D eigenvalue weighted by Gasteiger charge is -2.24. The number of hydrogen-bond donors (Lipinski definition) is 1. The molecule has 0 aromatic rings. The quantitative estimate of drug-likeness (QED) is 0.373. The van der Waals surface area contributed by atoms with Crippen LogP contribution in [0.4, 0.5) is 0 Å². The van der Waals surface area contributed by atoms with Gasteiger partial charge in [-0.05, 0) is 49.4 Å². The molecule has 0 saturated heterocycles. The summed E-state index contributed by atoms with van der Waals surface area (Å²) in [7, 11) is -3.30. The zero-order valence-corrected chi connectivity index (χ0v) is 18.2. The Balaban J connectivity index is 3.54. The van der Waals surface area contributed by atoms with Crippen LogP contribution >= 0.6 is 0 Å². The summed E-state index contributed by atoms with van der Waals surface area (Å²) in [5, 5.41) is 5.03. The van der Waals surface area contributed by atoms with Gasteiger partial charge < -0.3 is 4.74 Å². The molecule has 2 N–H and O–H groups in total. The van der Waals surface area contributed by atoms with Crippen molar-refractivity contribution in [1.29, 1.82) is 0 Å². The number of nitrogens with two attached hydrogens (primary N) is 1. The topological polar surface area (TPSA) is 69.4 Å². The van der Waals surface area contributed by atoms with Crippen molar-refractivity contribution in [3.63, 3.8) is 0 Å². The highest BCUT2D eigenvalue weighted by atomic mass is 32.2. The Morgan fingerprint density at radius 1 is 0.760 bits per heavy atom. The molecule has 0 rings (SSSR count). The van der Waals surface area contributed by atoms with Crippen molar-refractivity contribution in [2.24, 2.45) is 16.0 Å². The zero-order valence-electron chi connectivity index (χ0n) is 17.4. The van der Waals surface area contributed by atoms with Crippen LogP contribution < -0.4 is 5.14 Å². The summed E-state index contributed by atoms with van der Waals surface area (Å²) in [4.78, 5) is 0. The fourth-order valence-electron chi connectivity index (χ4n) is 2.93. The van der Waals surface area contributed by atoms with Gasteiger partial charge in [-0.2, -0.15) is 0 Å². The first-order valence-electron chi connectivity index (χ1n) is 10.1. The Hall–Kier alpha value is -0.130. The summed E-state index contributed by atoms with van der Waals surface area (Å²) in [6.07, 6.45) is 11.0. The third-order valence-corrected chi connectivity index (χ3v) is 6.13. The normalized spacial score (nSPS) is 13.4. The molecule has 0 radical (unpaired) electrons. The monoisotopic (exact) mass is 377 g/mol. The molecule has 0 aliphatic heterocycles. The van der Waals surface area contributed by atoms with Crippen LogP contribution in [0.15, 0.2) is 0 Å². The second-order valence-electron chi connectivity index (χ2n) is 9.03. The Kier molecular flexibility index (Phi) is 12.2. The van der Waals surface area contributed by atoms with E-state index in [-0.39, 0.29) is 11.2 Å². The van der Waals surface area contributed by atoms with Crippen LogP contribution in [0.1, 0.15) is 98.8 Å². The number of unbranched alkanes of at least 4 members (excludes halogenated alkanes) is 3. The Morgan fingerprint density at radius 2 is 1.20 bits per heavy atom. The predicted octanol–water partition coefficient (Wildman–Crippen LogP) is 5.26. The lowest BCUT2D eigenvalue weighted by molar-refractivity contribution is 0.120. The van der Waals surface area contributed by atoms with E-state index in [0.717, 1.165) is 38.9 Å². The minimum Gasteiger partial charge on any atom is -0.381 e. The van der Waals surface area contributed by atoms with Crippen LogP contribution in [0, 0.1) is 10.8 Å². The van der Waals surface area contributed by atoms with Crippen LogP contribution in [0.25, 0.3) is 0 Å². The van der Waals surface area contributed by atoms with E-state index in [1.54, 1.807) is 0 Å². The second kappa shape index (κ2) is 12.3. The highest BCUT2D eigenvalue weighted by Crippen LogP contribution is 2.29. The molecule has 0 fully saturated rings. The van der Waals surface area contributed by atoms with Gasteiger partial charge in [-0.15, -0.1) is 0 Å². The van der Waals surface area contributed by atoms with Gasteiger partial charge in [0.05, 0.1) is 5.75 Å². The van der Waals surface area contributed by atoms with Crippen LogP contribution in [0.5, 0.6) is 0 Å². The standard InChI is InChI=1S/C20H43NO3S/c1-6-19(2,3)13-7-10-16-24-17-11-8-14-20(4,5)15-9-12-18-25(21,22)23/h6-18H2,1-5H3,(H2,21,22,23). The van der Waals surface area contributed by atoms with Crippen LogP contribution in [-0.4, -0.2) is 27.4 Å². The van der Waals surface area contributed by atoms with Crippen molar-refractivity contribution in [1.82, 2.24) is 0 Å². The maximum absolute atomic E-state index is 10.9. The zero-order chi connectivity index (χ0) is 19.4. The fourth-order valence-corrected chi connectivity index (χ4v) is 3.53. The summed E-state index contributed by atoms with van der Waals surface area (Å²) in [5.74, 6) is 0.104. The molecule has 0 aliphatic rings. The van der Waals surface area contributed by atoms with Gasteiger partial charge >= 0.3 is 0 Å². The smallest absolute Gasteiger partial charge is 0.209 e. The van der Waals surface area contributed by atoms with Gasteiger partial charge in [0, 0.05) is 13.2 Å². The molecule has 0 atom stereocenters. The lowest BCUT2D eigenvalue weighted by Crippen LogP contribution is -2.17. The van der Waals surface area contributed by atoms with Crippen molar-refractivity contribution in [2.45, 2.75) is 98.8 Å². The largest absolute Gasteiger partial charge is 0.381 e. The summed E-state index contributed by atoms with van der Waals surface area (Å²) < 4.78 is 27.6. The molecule has 0 saturated carbocycles. The van der Waals surface area contributed by atoms with Crippen molar-refractivity contribution in [3.05, 3.63) is 0 Å². The number of sulfonamides is 1. The fraction of sp³-hybridized carbons (Fsp3) is 1.00. The van der Waals surface area contributed by atoms with Crippen LogP contribution in [0.2, 0.25) is 0 Å². The first-order valence-corrected chi connectivity index (χ1v) is 11.8. The van der Waals surface area contributed by atoms with E-state index in [1.807, 2.05) is 0 Å². The van der Waals surface area contributed by atoms with Gasteiger partial charge in [0.1, 0.15) is 0 Å². The maximum Gasteiger partial charge on any atom is 0.209 e. The van der Waals surface area contributed by atoms with E-state index >= 15 is 0 Å². The molecule has 0 unspecified atom stereocenters. The Bertz CT molecular complexity index is 430. The van der Waals surface area contributed by atoms with Gasteiger partial charge in [0.2, 0.25) is 10.0 Å². The molecule has 0 spiro atoms. The molecular weight excluding hydrogens is 334 g/mol. The van der Waals surface area contributed by atoms with E-state index in [1.165, 1.54) is 32.1 Å². The van der Waals surface area contributed by atoms with Crippen molar-refractivity contribution < 1.29 is 13.2 Å². The van der Waals surface area contributed by atoms with E-state index in [0.29, 0.717) is 11.8 Å². The molecule has 4 nitrogen and oxygen atoms in total. The highest BCUT2D eigenvalue weighted by Gasteiger charge is 2.17. The van der Waals surface area contributed by atoms with E-state index in [4.69, 9.17) is 9.88 Å². The number of hydrogen-bond acceptors (Lipinski definition) is 3. The molecule has 0 aliphatic carbocycles. The minimum atomic E-state index is -3.30. The molecule has 0 aromatic carbocycles. The van der Waals surface area contributed by atoms with Gasteiger partial charge in [0.15, 0.2) is 0 Å². The van der Waals surface area contributed by atoms with Gasteiger partial charge in [-0.1, -0.05) is 60.3 Å². The molecule has 0 aromatic heterocycles. The molecule has 0 amide bonds. The first-order chi connectivity index (χ1) is 11.5. The van der Waals surface area contributed by atoms with Crippen molar-refractivity contribution >= 4 is 10.0 Å². The minimum absolute atomic E-state index is 0.104. The van der Waals surface area contributed by atoms with Crippen molar-refractivity contribution in [2.75, 3.05) is 19.0 Å². The molecule has 0 bridgehead atoms. The third-order valence-electron chi connectivity index (χ3n) is 5.27. The lowest BCUT2D eigenvalue weighted by atomic mass is 9.82.